The first-order chi connectivity index (χ1) is 9.26. The molecule has 0 fully saturated rings. The van der Waals surface area contributed by atoms with Crippen LogP contribution in [0.3, 0.4) is 0 Å². The number of carbonyl (C=O) groups excluding carboxylic acids is 1. The molecule has 7 heteroatoms. The Bertz CT molecular complexity index is 583. The largest absolute Gasteiger partial charge is 0.330 e. The van der Waals surface area contributed by atoms with Crippen molar-refractivity contribution in [1.29, 1.82) is 0 Å². The predicted octanol–water partition coefficient (Wildman–Crippen LogP) is 1.84. The smallest absolute Gasteiger partial charge is 0.276 e. The average Bonchev–Trinajstić information content (AvgIpc) is 3.03. The van der Waals surface area contributed by atoms with Crippen LogP contribution in [0.1, 0.15) is 32.5 Å². The number of aryl methyl sites for hydroxylation is 2. The van der Waals surface area contributed by atoms with E-state index in [1.807, 2.05) is 0 Å². The number of anilines is 1. The molecular formula is C12H14N4OS2. The minimum atomic E-state index is -0.188. The van der Waals surface area contributed by atoms with Crippen molar-refractivity contribution in [3.8, 4) is 0 Å². The van der Waals surface area contributed by atoms with Crippen molar-refractivity contribution in [1.82, 2.24) is 9.97 Å². The molecule has 2 heterocycles. The molecule has 1 amide bonds. The first-order valence-electron chi connectivity index (χ1n) is 6.20. The van der Waals surface area contributed by atoms with Crippen LogP contribution in [-0.2, 0) is 19.3 Å². The maximum atomic E-state index is 12.0. The van der Waals surface area contributed by atoms with Gasteiger partial charge in [-0.05, 0) is 25.8 Å². The van der Waals surface area contributed by atoms with Crippen LogP contribution in [0, 0.1) is 0 Å². The van der Waals surface area contributed by atoms with Gasteiger partial charge in [0.1, 0.15) is 5.69 Å². The molecule has 0 saturated heterocycles. The molecular weight excluding hydrogens is 280 g/mol. The highest BCUT2D eigenvalue weighted by Gasteiger charge is 2.19. The average molecular weight is 294 g/mol. The van der Waals surface area contributed by atoms with Gasteiger partial charge in [-0.2, -0.15) is 0 Å². The van der Waals surface area contributed by atoms with E-state index in [0.29, 0.717) is 23.8 Å². The number of thiazole rings is 2. The molecule has 0 aliphatic heterocycles. The van der Waals surface area contributed by atoms with E-state index in [2.05, 4.69) is 15.3 Å². The summed E-state index contributed by atoms with van der Waals surface area (Å²) in [6.45, 7) is 0.549. The highest BCUT2D eigenvalue weighted by molar-refractivity contribution is 7.16. The molecule has 0 atom stereocenters. The summed E-state index contributed by atoms with van der Waals surface area (Å²) in [5.41, 5.74) is 7.06. The lowest BCUT2D eigenvalue weighted by atomic mass is 10.4. The Kier molecular flexibility index (Phi) is 3.58. The molecule has 3 rings (SSSR count). The SMILES string of the molecule is NCCc1nc(C(=O)Nc2nc3c(s2)CCC3)cs1. The van der Waals surface area contributed by atoms with E-state index in [-0.39, 0.29) is 5.91 Å². The topological polar surface area (TPSA) is 80.9 Å². The molecule has 0 unspecified atom stereocenters. The third kappa shape index (κ3) is 2.68. The molecule has 5 nitrogen and oxygen atoms in total. The fourth-order valence-corrected chi connectivity index (χ4v) is 3.90. The number of nitrogens with two attached hydrogens (primary N) is 1. The zero-order chi connectivity index (χ0) is 13.2. The molecule has 100 valence electrons. The molecule has 0 radical (unpaired) electrons. The highest BCUT2D eigenvalue weighted by Crippen LogP contribution is 2.30. The number of aromatic nitrogens is 2. The maximum Gasteiger partial charge on any atom is 0.276 e. The van der Waals surface area contributed by atoms with E-state index in [1.54, 1.807) is 16.7 Å². The summed E-state index contributed by atoms with van der Waals surface area (Å²) in [5, 5.41) is 6.17. The van der Waals surface area contributed by atoms with E-state index in [9.17, 15) is 4.79 Å². The van der Waals surface area contributed by atoms with Crippen LogP contribution >= 0.6 is 22.7 Å². The van der Waals surface area contributed by atoms with Gasteiger partial charge in [-0.1, -0.05) is 0 Å². The third-order valence-electron chi connectivity index (χ3n) is 2.96. The summed E-state index contributed by atoms with van der Waals surface area (Å²) >= 11 is 3.04. The molecule has 0 aromatic carbocycles. The van der Waals surface area contributed by atoms with Crippen LogP contribution in [0.15, 0.2) is 5.38 Å². The lowest BCUT2D eigenvalue weighted by molar-refractivity contribution is 0.102. The number of fused-ring (bicyclic) bond motifs is 1. The van der Waals surface area contributed by atoms with Crippen molar-refractivity contribution in [3.63, 3.8) is 0 Å². The fraction of sp³-hybridized carbons (Fsp3) is 0.417. The summed E-state index contributed by atoms with van der Waals surface area (Å²) in [4.78, 5) is 22.0. The number of nitrogens with one attached hydrogen (secondary N) is 1. The number of hydrogen-bond donors (Lipinski definition) is 2. The second-order valence-electron chi connectivity index (χ2n) is 4.36. The van der Waals surface area contributed by atoms with Gasteiger partial charge in [-0.3, -0.25) is 10.1 Å². The Morgan fingerprint density at radius 1 is 1.42 bits per heavy atom. The fourth-order valence-electron chi connectivity index (χ4n) is 2.06. The Morgan fingerprint density at radius 3 is 3.11 bits per heavy atom. The number of amides is 1. The van der Waals surface area contributed by atoms with Gasteiger partial charge >= 0.3 is 0 Å². The van der Waals surface area contributed by atoms with Crippen LogP contribution in [0.5, 0.6) is 0 Å². The normalized spacial score (nSPS) is 13.5. The number of rotatable bonds is 4. The Labute approximate surface area is 118 Å². The van der Waals surface area contributed by atoms with Gasteiger partial charge in [-0.15, -0.1) is 22.7 Å². The monoisotopic (exact) mass is 294 g/mol. The summed E-state index contributed by atoms with van der Waals surface area (Å²) in [7, 11) is 0. The molecule has 1 aliphatic rings. The van der Waals surface area contributed by atoms with E-state index in [0.717, 1.165) is 23.5 Å². The molecule has 2 aromatic rings. The zero-order valence-electron chi connectivity index (χ0n) is 10.3. The van der Waals surface area contributed by atoms with Gasteiger partial charge in [0.05, 0.1) is 10.7 Å². The van der Waals surface area contributed by atoms with Gasteiger partial charge < -0.3 is 5.73 Å². The second-order valence-corrected chi connectivity index (χ2v) is 6.39. The minimum absolute atomic E-state index is 0.188. The van der Waals surface area contributed by atoms with Gasteiger partial charge in [0, 0.05) is 16.7 Å². The van der Waals surface area contributed by atoms with E-state index in [1.165, 1.54) is 22.6 Å². The van der Waals surface area contributed by atoms with Crippen molar-refractivity contribution in [2.24, 2.45) is 5.73 Å². The third-order valence-corrected chi connectivity index (χ3v) is 4.94. The first-order valence-corrected chi connectivity index (χ1v) is 7.90. The number of carbonyl (C=O) groups is 1. The highest BCUT2D eigenvalue weighted by atomic mass is 32.1. The molecule has 1 aliphatic carbocycles. The van der Waals surface area contributed by atoms with Crippen LogP contribution in [-0.4, -0.2) is 22.4 Å². The standard InChI is InChI=1S/C12H14N4OS2/c13-5-4-10-14-8(6-18-10)11(17)16-12-15-7-2-1-3-9(7)19-12/h6H,1-5,13H2,(H,15,16,17). The maximum absolute atomic E-state index is 12.0. The Hall–Kier alpha value is -1.31. The van der Waals surface area contributed by atoms with Crippen LogP contribution in [0.25, 0.3) is 0 Å². The number of nitrogens with zero attached hydrogens (tertiary/aromatic N) is 2. The van der Waals surface area contributed by atoms with Crippen LogP contribution < -0.4 is 11.1 Å². The summed E-state index contributed by atoms with van der Waals surface area (Å²) in [5.74, 6) is -0.188. The van der Waals surface area contributed by atoms with Gasteiger partial charge in [0.25, 0.3) is 5.91 Å². The molecule has 0 spiro atoms. The summed E-state index contributed by atoms with van der Waals surface area (Å²) < 4.78 is 0. The number of hydrogen-bond acceptors (Lipinski definition) is 6. The second kappa shape index (κ2) is 5.36. The van der Waals surface area contributed by atoms with Crippen molar-refractivity contribution in [2.45, 2.75) is 25.7 Å². The van der Waals surface area contributed by atoms with Gasteiger partial charge in [0.2, 0.25) is 0 Å². The Balaban J connectivity index is 1.69. The summed E-state index contributed by atoms with van der Waals surface area (Å²) in [6.07, 6.45) is 4.00. The van der Waals surface area contributed by atoms with Gasteiger partial charge in [-0.25, -0.2) is 9.97 Å². The van der Waals surface area contributed by atoms with Crippen molar-refractivity contribution in [3.05, 3.63) is 26.7 Å². The molecule has 3 N–H and O–H groups in total. The predicted molar refractivity (Wildman–Crippen MR) is 77.0 cm³/mol. The summed E-state index contributed by atoms with van der Waals surface area (Å²) in [6, 6.07) is 0. The van der Waals surface area contributed by atoms with Crippen LogP contribution in [0.2, 0.25) is 0 Å². The molecule has 0 bridgehead atoms. The molecule has 0 saturated carbocycles. The quantitative estimate of drug-likeness (QED) is 0.901. The van der Waals surface area contributed by atoms with Crippen LogP contribution in [0.4, 0.5) is 5.13 Å². The van der Waals surface area contributed by atoms with Crippen molar-refractivity contribution in [2.75, 3.05) is 11.9 Å². The zero-order valence-corrected chi connectivity index (χ0v) is 11.9. The van der Waals surface area contributed by atoms with Crippen molar-refractivity contribution >= 4 is 33.7 Å². The lowest BCUT2D eigenvalue weighted by Gasteiger charge is -1.98. The van der Waals surface area contributed by atoms with Crippen molar-refractivity contribution < 1.29 is 4.79 Å². The lowest BCUT2D eigenvalue weighted by Crippen LogP contribution is -2.12. The van der Waals surface area contributed by atoms with E-state index in [4.69, 9.17) is 5.73 Å². The van der Waals surface area contributed by atoms with Gasteiger partial charge in [0.15, 0.2) is 5.13 Å². The molecule has 19 heavy (non-hydrogen) atoms. The Morgan fingerprint density at radius 2 is 2.32 bits per heavy atom. The van der Waals surface area contributed by atoms with E-state index < -0.39 is 0 Å². The van der Waals surface area contributed by atoms with E-state index >= 15 is 0 Å². The minimum Gasteiger partial charge on any atom is -0.330 e. The molecule has 2 aromatic heterocycles. The first kappa shape index (κ1) is 12.7.